The minimum Gasteiger partial charge on any atom is -0.497 e. The van der Waals surface area contributed by atoms with Crippen molar-refractivity contribution in [1.82, 2.24) is 20.4 Å². The third-order valence-corrected chi connectivity index (χ3v) is 12.4. The van der Waals surface area contributed by atoms with Crippen LogP contribution >= 0.6 is 11.8 Å². The minimum absolute atomic E-state index is 0.126. The summed E-state index contributed by atoms with van der Waals surface area (Å²) in [4.78, 5) is 58.6. The molecule has 0 spiro atoms. The van der Waals surface area contributed by atoms with Gasteiger partial charge in [-0.2, -0.15) is 0 Å². The molecule has 2 aliphatic heterocycles. The van der Waals surface area contributed by atoms with Crippen molar-refractivity contribution in [3.8, 4) is 5.75 Å². The number of hydrogen-bond acceptors (Lipinski definition) is 7. The van der Waals surface area contributed by atoms with Crippen LogP contribution in [0.1, 0.15) is 71.8 Å². The van der Waals surface area contributed by atoms with E-state index in [-0.39, 0.29) is 35.5 Å². The van der Waals surface area contributed by atoms with Gasteiger partial charge in [0.15, 0.2) is 6.23 Å². The van der Waals surface area contributed by atoms with Crippen molar-refractivity contribution in [1.29, 1.82) is 0 Å². The molecule has 6 atom stereocenters. The maximum absolute atomic E-state index is 14.6. The molecule has 1 fully saturated rings. The number of carbonyl (C=O) groups excluding carboxylic acids is 4. The molecule has 1 saturated heterocycles. The van der Waals surface area contributed by atoms with Crippen molar-refractivity contribution in [3.05, 3.63) is 125 Å². The van der Waals surface area contributed by atoms with Crippen LogP contribution in [0.2, 0.25) is 0 Å². The third kappa shape index (κ3) is 9.87. The number of aliphatic hydroxyl groups excluding tert-OH is 1. The van der Waals surface area contributed by atoms with Gasteiger partial charge in [-0.05, 0) is 73.3 Å². The van der Waals surface area contributed by atoms with Gasteiger partial charge in [0.2, 0.25) is 17.7 Å². The summed E-state index contributed by atoms with van der Waals surface area (Å²) >= 11 is 1.52. The molecule has 6 rings (SSSR count). The van der Waals surface area contributed by atoms with Gasteiger partial charge in [0.05, 0.1) is 12.4 Å². The zero-order valence-electron chi connectivity index (χ0n) is 31.6. The number of likely N-dealkylation sites (N-methyl/N-ethyl adjacent to an activating group) is 1. The molecule has 0 saturated carbocycles. The molecule has 3 aliphatic rings. The predicted molar refractivity (Wildman–Crippen MR) is 215 cm³/mol. The molecule has 0 bridgehead atoms. The molecule has 4 amide bonds. The quantitative estimate of drug-likeness (QED) is 0.157. The fourth-order valence-electron chi connectivity index (χ4n) is 7.91. The number of carbonyl (C=O) groups is 4. The number of amides is 4. The van der Waals surface area contributed by atoms with Crippen molar-refractivity contribution < 1.29 is 29.0 Å². The summed E-state index contributed by atoms with van der Waals surface area (Å²) < 4.78 is 5.33. The second-order valence-electron chi connectivity index (χ2n) is 14.5. The lowest BCUT2D eigenvalue weighted by atomic mass is 9.81. The number of benzene rings is 3. The molecule has 1 aliphatic carbocycles. The average Bonchev–Trinajstić information content (AvgIpc) is 3.35. The first-order valence-corrected chi connectivity index (χ1v) is 20.3. The lowest BCUT2D eigenvalue weighted by Crippen LogP contribution is -2.56. The van der Waals surface area contributed by atoms with E-state index < -0.39 is 23.6 Å². The molecule has 4 unspecified atom stereocenters. The Hall–Kier alpha value is -4.87. The number of fused-ring (bicyclic) bond motifs is 1. The van der Waals surface area contributed by atoms with Gasteiger partial charge in [0.25, 0.3) is 5.91 Å². The summed E-state index contributed by atoms with van der Waals surface area (Å²) in [5.74, 6) is 0.781. The predicted octanol–water partition coefficient (Wildman–Crippen LogP) is 5.83. The summed E-state index contributed by atoms with van der Waals surface area (Å²) in [5.41, 5.74) is 3.12. The number of aliphatic hydroxyl groups is 1. The zero-order valence-corrected chi connectivity index (χ0v) is 32.5. The number of likely N-dealkylation sites (tertiary alicyclic amines) is 1. The van der Waals surface area contributed by atoms with Crippen molar-refractivity contribution in [2.45, 2.75) is 74.3 Å². The van der Waals surface area contributed by atoms with Crippen LogP contribution in [0.4, 0.5) is 0 Å². The van der Waals surface area contributed by atoms with Crippen molar-refractivity contribution >= 4 is 35.4 Å². The molecule has 290 valence electrons. The number of hydrogen-bond donors (Lipinski definition) is 3. The zero-order chi connectivity index (χ0) is 38.7. The Labute approximate surface area is 328 Å². The second-order valence-corrected chi connectivity index (χ2v) is 15.7. The van der Waals surface area contributed by atoms with E-state index in [1.807, 2.05) is 72.8 Å². The molecule has 11 heteroatoms. The summed E-state index contributed by atoms with van der Waals surface area (Å²) in [6.07, 6.45) is 11.6. The molecule has 2 heterocycles. The van der Waals surface area contributed by atoms with Crippen LogP contribution in [-0.2, 0) is 26.6 Å². The van der Waals surface area contributed by atoms with Gasteiger partial charge < -0.3 is 30.3 Å². The molecule has 3 aromatic carbocycles. The number of nitrogens with one attached hydrogen (secondary N) is 2. The lowest BCUT2D eigenvalue weighted by molar-refractivity contribution is -0.142. The fraction of sp³-hybridized carbons (Fsp3) is 0.409. The monoisotopic (exact) mass is 764 g/mol. The Morgan fingerprint density at radius 2 is 1.71 bits per heavy atom. The van der Waals surface area contributed by atoms with Crippen molar-refractivity contribution in [2.24, 2.45) is 11.8 Å². The van der Waals surface area contributed by atoms with Gasteiger partial charge in [-0.15, -0.1) is 11.8 Å². The van der Waals surface area contributed by atoms with E-state index in [9.17, 15) is 24.3 Å². The molecule has 3 aromatic rings. The number of methoxy groups -OCH3 is 1. The molecule has 0 radical (unpaired) electrons. The van der Waals surface area contributed by atoms with Gasteiger partial charge in [0.1, 0.15) is 17.8 Å². The van der Waals surface area contributed by atoms with E-state index in [4.69, 9.17) is 4.74 Å². The highest BCUT2D eigenvalue weighted by atomic mass is 32.2. The summed E-state index contributed by atoms with van der Waals surface area (Å²) in [6, 6.07) is 23.0. The Kier molecular flexibility index (Phi) is 13.8. The highest BCUT2D eigenvalue weighted by Crippen LogP contribution is 2.34. The van der Waals surface area contributed by atoms with Crippen LogP contribution in [-0.4, -0.2) is 83.1 Å². The summed E-state index contributed by atoms with van der Waals surface area (Å²) in [7, 11) is 3.21. The highest BCUT2D eigenvalue weighted by Gasteiger charge is 2.40. The first-order valence-electron chi connectivity index (χ1n) is 19.3. The van der Waals surface area contributed by atoms with E-state index >= 15 is 0 Å². The number of nitrogens with zero attached hydrogens (tertiary/aromatic N) is 2. The molecule has 55 heavy (non-hydrogen) atoms. The fourth-order valence-corrected chi connectivity index (χ4v) is 9.05. The van der Waals surface area contributed by atoms with Crippen LogP contribution < -0.4 is 15.4 Å². The Morgan fingerprint density at radius 1 is 0.945 bits per heavy atom. The number of unbranched alkanes of at least 4 members (excludes halogenated alkanes) is 1. The second kappa shape index (κ2) is 19.1. The van der Waals surface area contributed by atoms with E-state index in [0.29, 0.717) is 68.5 Å². The smallest absolute Gasteiger partial charge is 0.256 e. The van der Waals surface area contributed by atoms with Gasteiger partial charge in [0, 0.05) is 43.4 Å². The maximum atomic E-state index is 14.6. The Balaban J connectivity index is 1.19. The Morgan fingerprint density at radius 3 is 2.42 bits per heavy atom. The van der Waals surface area contributed by atoms with Crippen LogP contribution in [0.25, 0.3) is 0 Å². The largest absolute Gasteiger partial charge is 0.497 e. The highest BCUT2D eigenvalue weighted by molar-refractivity contribution is 7.99. The lowest BCUT2D eigenvalue weighted by Gasteiger charge is -2.32. The van der Waals surface area contributed by atoms with Gasteiger partial charge in [-0.1, -0.05) is 91.4 Å². The third-order valence-electron chi connectivity index (χ3n) is 11.0. The van der Waals surface area contributed by atoms with E-state index in [1.165, 1.54) is 16.7 Å². The normalized spacial score (nSPS) is 21.8. The molecule has 10 nitrogen and oxygen atoms in total. The topological polar surface area (TPSA) is 128 Å². The Bertz CT molecular complexity index is 1850. The molecule has 0 aromatic heterocycles. The van der Waals surface area contributed by atoms with Gasteiger partial charge >= 0.3 is 0 Å². The van der Waals surface area contributed by atoms with E-state index in [1.54, 1.807) is 37.3 Å². The summed E-state index contributed by atoms with van der Waals surface area (Å²) in [6.45, 7) is 0.769. The number of allylic oxidation sites excluding steroid dienone is 4. The molecular weight excluding hydrogens is 713 g/mol. The minimum atomic E-state index is -0.987. The van der Waals surface area contributed by atoms with Gasteiger partial charge in [-0.3, -0.25) is 19.2 Å². The van der Waals surface area contributed by atoms with Crippen LogP contribution in [0.5, 0.6) is 5.75 Å². The number of rotatable bonds is 16. The van der Waals surface area contributed by atoms with Crippen molar-refractivity contribution in [2.75, 3.05) is 27.2 Å². The summed E-state index contributed by atoms with van der Waals surface area (Å²) in [5, 5.41) is 16.3. The van der Waals surface area contributed by atoms with Crippen molar-refractivity contribution in [3.63, 3.8) is 0 Å². The van der Waals surface area contributed by atoms with Gasteiger partial charge in [-0.25, -0.2) is 0 Å². The van der Waals surface area contributed by atoms with Crippen LogP contribution in [0, 0.1) is 11.8 Å². The molecule has 3 N–H and O–H groups in total. The first kappa shape index (κ1) is 39.8. The van der Waals surface area contributed by atoms with E-state index in [2.05, 4.69) is 22.8 Å². The number of ether oxygens (including phenoxy) is 1. The standard InChI is InChI=1S/C44H52N4O6S/c1-45-40(49)38(27-30-13-5-3-6-14-30)47-26-24-33(32-15-7-4-8-16-32)28-37(44(47)53)46-41(50)39(55-29-31-20-22-34(54-2)23-21-31)19-11-12-25-48-42(51)35-17-9-10-18-36(35)43(48)52/h3-10,13-15,17-18,20-23,32-33,37-39,42,51H,11-12,16,19,24-29H2,1-2H3,(H,45,49)(H,46,50)/t32?,33-,37?,38-,39?,42?/m0/s1. The van der Waals surface area contributed by atoms with E-state index in [0.717, 1.165) is 23.3 Å². The van der Waals surface area contributed by atoms with Crippen LogP contribution in [0.15, 0.2) is 103 Å². The van der Waals surface area contributed by atoms with Crippen LogP contribution in [0.3, 0.4) is 0 Å². The average molecular weight is 765 g/mol. The first-order chi connectivity index (χ1) is 26.8. The number of thioether (sulfide) groups is 1. The maximum Gasteiger partial charge on any atom is 0.256 e. The SMILES string of the molecule is CNC(=O)[C@H](Cc1ccccc1)N1CC[C@H](C2C=CC=CC2)CC(NC(=O)C(CCCCN2C(=O)c3ccccc3C2O)SCc2ccc(OC)cc2)C1=O. The molecular formula is C44H52N4O6S.